The molecule has 0 aliphatic carbocycles. The normalized spacial score (nSPS) is 9.00. The van der Waals surface area contributed by atoms with Gasteiger partial charge in [-0.25, -0.2) is 4.79 Å². The molecule has 0 amide bonds. The van der Waals surface area contributed by atoms with Crippen molar-refractivity contribution >= 4 is 17.6 Å². The third-order valence-electron chi connectivity index (χ3n) is 1.19. The molecule has 0 radical (unpaired) electrons. The summed E-state index contributed by atoms with van der Waals surface area (Å²) in [7, 11) is 0. The number of carboxylic acids is 1. The highest BCUT2D eigenvalue weighted by atomic mass is 16.4. The van der Waals surface area contributed by atoms with Crippen molar-refractivity contribution in [1.29, 1.82) is 5.41 Å². The van der Waals surface area contributed by atoms with E-state index < -0.39 is 5.97 Å². The second-order valence-electron chi connectivity index (χ2n) is 2.27. The standard InChI is InChI=1S/C6H12N4O2/c7-4(5(11)12)2-1-3-10-6(8)9/h7H,1-3H2,(H,11,12)(H4,8,9,10)/p+1. The van der Waals surface area contributed by atoms with Gasteiger partial charge in [0, 0.05) is 0 Å². The van der Waals surface area contributed by atoms with Crippen molar-refractivity contribution in [2.45, 2.75) is 12.8 Å². The lowest BCUT2D eigenvalue weighted by molar-refractivity contribution is -0.459. The van der Waals surface area contributed by atoms with E-state index in [1.165, 1.54) is 0 Å². The maximum absolute atomic E-state index is 10.1. The van der Waals surface area contributed by atoms with Gasteiger partial charge in [-0.1, -0.05) is 0 Å². The molecule has 0 rings (SSSR count). The zero-order valence-electron chi connectivity index (χ0n) is 6.63. The molecule has 6 heteroatoms. The molecular formula is C6H13N4O2+. The molecule has 0 bridgehead atoms. The van der Waals surface area contributed by atoms with E-state index in [0.29, 0.717) is 13.0 Å². The topological polar surface area (TPSA) is 127 Å². The van der Waals surface area contributed by atoms with Crippen molar-refractivity contribution in [3.63, 3.8) is 0 Å². The lowest BCUT2D eigenvalue weighted by Gasteiger charge is -1.94. The largest absolute Gasteiger partial charge is 0.477 e. The maximum atomic E-state index is 10.1. The molecule has 0 aromatic rings. The van der Waals surface area contributed by atoms with Crippen molar-refractivity contribution in [1.82, 2.24) is 0 Å². The fourth-order valence-corrected chi connectivity index (χ4v) is 0.605. The Morgan fingerprint density at radius 3 is 2.50 bits per heavy atom. The number of nitrogens with two attached hydrogens (primary N) is 2. The van der Waals surface area contributed by atoms with Gasteiger partial charge in [0.05, 0.1) is 6.54 Å². The maximum Gasteiger partial charge on any atom is 0.349 e. The van der Waals surface area contributed by atoms with Crippen LogP contribution in [0.4, 0.5) is 0 Å². The highest BCUT2D eigenvalue weighted by molar-refractivity contribution is 6.34. The summed E-state index contributed by atoms with van der Waals surface area (Å²) in [4.78, 5) is 12.8. The number of nitrogens with one attached hydrogen (secondary N) is 2. The Balaban J connectivity index is 3.51. The number of carbonyl (C=O) groups is 1. The van der Waals surface area contributed by atoms with E-state index in [2.05, 4.69) is 4.99 Å². The van der Waals surface area contributed by atoms with Crippen LogP contribution in [0, 0.1) is 5.41 Å². The number of hydrogen-bond acceptors (Lipinski definition) is 2. The zero-order valence-corrected chi connectivity index (χ0v) is 6.63. The first-order valence-electron chi connectivity index (χ1n) is 3.46. The number of rotatable bonds is 5. The molecular weight excluding hydrogens is 160 g/mol. The fraction of sp³-hybridized carbons (Fsp3) is 0.500. The summed E-state index contributed by atoms with van der Waals surface area (Å²) < 4.78 is 0. The SMILES string of the molecule is N=C(CCC[NH+]=C(N)N)C(=O)O. The van der Waals surface area contributed by atoms with Gasteiger partial charge in [0.25, 0.3) is 0 Å². The van der Waals surface area contributed by atoms with Crippen LogP contribution in [0.3, 0.4) is 0 Å². The van der Waals surface area contributed by atoms with Crippen molar-refractivity contribution in [3.05, 3.63) is 0 Å². The highest BCUT2D eigenvalue weighted by Gasteiger charge is 2.04. The van der Waals surface area contributed by atoms with Crippen LogP contribution < -0.4 is 16.5 Å². The second kappa shape index (κ2) is 5.11. The van der Waals surface area contributed by atoms with Crippen LogP contribution >= 0.6 is 0 Å². The van der Waals surface area contributed by atoms with Gasteiger partial charge in [-0.05, 0) is 12.8 Å². The van der Waals surface area contributed by atoms with Crippen LogP contribution in [0.25, 0.3) is 0 Å². The molecule has 0 aliphatic rings. The summed E-state index contributed by atoms with van der Waals surface area (Å²) in [6.45, 7) is 0.484. The van der Waals surface area contributed by atoms with Gasteiger partial charge in [-0.2, -0.15) is 0 Å². The predicted octanol–water partition coefficient (Wildman–Crippen LogP) is -2.78. The Hall–Kier alpha value is -1.59. The lowest BCUT2D eigenvalue weighted by Crippen LogP contribution is -2.78. The average Bonchev–Trinajstić information content (AvgIpc) is 1.97. The molecule has 0 saturated heterocycles. The van der Waals surface area contributed by atoms with Gasteiger partial charge in [0.2, 0.25) is 0 Å². The van der Waals surface area contributed by atoms with Crippen LogP contribution in [0.1, 0.15) is 12.8 Å². The third-order valence-corrected chi connectivity index (χ3v) is 1.19. The van der Waals surface area contributed by atoms with Crippen LogP contribution in [-0.2, 0) is 4.79 Å². The van der Waals surface area contributed by atoms with E-state index in [0.717, 1.165) is 0 Å². The molecule has 6 nitrogen and oxygen atoms in total. The Morgan fingerprint density at radius 2 is 2.08 bits per heavy atom. The van der Waals surface area contributed by atoms with Crippen LogP contribution in [0.15, 0.2) is 0 Å². The Bertz CT molecular complexity index is 208. The minimum atomic E-state index is -1.18. The Labute approximate surface area is 69.8 Å². The first-order chi connectivity index (χ1) is 5.54. The molecule has 0 spiro atoms. The van der Waals surface area contributed by atoms with Gasteiger partial charge in [0.15, 0.2) is 0 Å². The van der Waals surface area contributed by atoms with Gasteiger partial charge in [-0.15, -0.1) is 0 Å². The molecule has 0 fully saturated rings. The summed E-state index contributed by atoms with van der Waals surface area (Å²) in [6.07, 6.45) is 0.749. The Morgan fingerprint density at radius 1 is 1.50 bits per heavy atom. The number of carboxylic acid groups (broad SMARTS) is 1. The quantitative estimate of drug-likeness (QED) is 0.175. The summed E-state index contributed by atoms with van der Waals surface area (Å²) in [5.41, 5.74) is 9.87. The van der Waals surface area contributed by atoms with E-state index >= 15 is 0 Å². The van der Waals surface area contributed by atoms with Gasteiger partial charge in [0.1, 0.15) is 5.71 Å². The van der Waals surface area contributed by atoms with Crippen molar-refractivity contribution < 1.29 is 14.9 Å². The zero-order chi connectivity index (χ0) is 9.56. The average molecular weight is 173 g/mol. The molecule has 0 aromatic heterocycles. The van der Waals surface area contributed by atoms with Gasteiger partial charge in [-0.3, -0.25) is 21.9 Å². The Kier molecular flexibility index (Phi) is 4.43. The minimum absolute atomic E-state index is 0.108. The molecule has 0 heterocycles. The molecule has 12 heavy (non-hydrogen) atoms. The van der Waals surface area contributed by atoms with Crippen LogP contribution in [-0.4, -0.2) is 29.3 Å². The molecule has 7 N–H and O–H groups in total. The van der Waals surface area contributed by atoms with E-state index in [1.54, 1.807) is 0 Å². The second-order valence-corrected chi connectivity index (χ2v) is 2.27. The van der Waals surface area contributed by atoms with Crippen molar-refractivity contribution in [2.75, 3.05) is 6.54 Å². The third kappa shape index (κ3) is 5.21. The molecule has 0 atom stereocenters. The van der Waals surface area contributed by atoms with E-state index in [4.69, 9.17) is 22.0 Å². The first-order valence-corrected chi connectivity index (χ1v) is 3.46. The van der Waals surface area contributed by atoms with Crippen molar-refractivity contribution in [2.24, 2.45) is 11.5 Å². The molecule has 68 valence electrons. The van der Waals surface area contributed by atoms with E-state index in [-0.39, 0.29) is 18.1 Å². The molecule has 0 saturated carbocycles. The van der Waals surface area contributed by atoms with E-state index in [1.807, 2.05) is 0 Å². The van der Waals surface area contributed by atoms with Gasteiger partial charge >= 0.3 is 11.9 Å². The minimum Gasteiger partial charge on any atom is -0.477 e. The molecule has 0 aliphatic heterocycles. The summed E-state index contributed by atoms with van der Waals surface area (Å²) in [5, 5.41) is 15.2. The smallest absolute Gasteiger partial charge is 0.349 e. The number of aliphatic carboxylic acids is 1. The number of hydrogen-bond donors (Lipinski definition) is 5. The van der Waals surface area contributed by atoms with E-state index in [9.17, 15) is 4.79 Å². The summed E-state index contributed by atoms with van der Waals surface area (Å²) in [6, 6.07) is 0. The first kappa shape index (κ1) is 10.4. The monoisotopic (exact) mass is 173 g/mol. The van der Waals surface area contributed by atoms with Gasteiger partial charge < -0.3 is 5.11 Å². The summed E-state index contributed by atoms with van der Waals surface area (Å²) in [5.74, 6) is -1.07. The molecule has 0 unspecified atom stereocenters. The predicted molar refractivity (Wildman–Crippen MR) is 43.8 cm³/mol. The highest BCUT2D eigenvalue weighted by Crippen LogP contribution is 1.87. The number of guanidine groups is 1. The van der Waals surface area contributed by atoms with Crippen LogP contribution in [0.5, 0.6) is 0 Å². The van der Waals surface area contributed by atoms with Crippen LogP contribution in [0.2, 0.25) is 0 Å². The van der Waals surface area contributed by atoms with Crippen molar-refractivity contribution in [3.8, 4) is 0 Å². The molecule has 0 aromatic carbocycles. The summed E-state index contributed by atoms with van der Waals surface area (Å²) >= 11 is 0. The fourth-order valence-electron chi connectivity index (χ4n) is 0.605. The lowest BCUT2D eigenvalue weighted by atomic mass is 10.2.